The van der Waals surface area contributed by atoms with Gasteiger partial charge in [-0.3, -0.25) is 5.32 Å². The first-order valence-corrected chi connectivity index (χ1v) is 10.5. The molecule has 0 unspecified atom stereocenters. The zero-order valence-corrected chi connectivity index (χ0v) is 16.4. The average Bonchev–Trinajstić information content (AvgIpc) is 3.41. The van der Waals surface area contributed by atoms with Crippen molar-refractivity contribution in [3.8, 4) is 0 Å². The molecular weight excluding hydrogens is 404 g/mol. The molecule has 1 amide bonds. The van der Waals surface area contributed by atoms with Crippen molar-refractivity contribution in [2.24, 2.45) is 0 Å². The predicted molar refractivity (Wildman–Crippen MR) is 104 cm³/mol. The topological polar surface area (TPSA) is 118 Å². The highest BCUT2D eigenvalue weighted by Crippen LogP contribution is 2.33. The second-order valence-electron chi connectivity index (χ2n) is 5.82. The van der Waals surface area contributed by atoms with Gasteiger partial charge < -0.3 is 14.3 Å². The zero-order chi connectivity index (χ0) is 20.2. The molecule has 3 N–H and O–H groups in total. The van der Waals surface area contributed by atoms with Crippen LogP contribution < -0.4 is 10.0 Å². The summed E-state index contributed by atoms with van der Waals surface area (Å²) in [6, 6.07) is 10.6. The van der Waals surface area contributed by atoms with E-state index in [4.69, 9.17) is 4.42 Å². The van der Waals surface area contributed by atoms with Crippen LogP contribution in [0.4, 0.5) is 10.5 Å². The lowest BCUT2D eigenvalue weighted by Crippen LogP contribution is -2.40. The van der Waals surface area contributed by atoms with E-state index in [2.05, 4.69) is 14.8 Å². The van der Waals surface area contributed by atoms with Crippen molar-refractivity contribution < 1.29 is 27.5 Å². The lowest BCUT2D eigenvalue weighted by Gasteiger charge is -2.26. The average molecular weight is 422 g/mol. The largest absolute Gasteiger partial charge is 0.472 e. The number of carbonyl (C=O) groups excluding carboxylic acids is 1. The van der Waals surface area contributed by atoms with E-state index in [1.165, 1.54) is 55.2 Å². The SMILES string of the molecule is COC(=O)Nc1ccc(S(=O)(=O)NC[C@](O)(c2ccoc2)c2cccs2)cc1. The summed E-state index contributed by atoms with van der Waals surface area (Å²) in [5.41, 5.74) is -0.741. The van der Waals surface area contributed by atoms with Gasteiger partial charge in [0, 0.05) is 22.7 Å². The third kappa shape index (κ3) is 4.25. The van der Waals surface area contributed by atoms with Gasteiger partial charge in [0.1, 0.15) is 5.60 Å². The van der Waals surface area contributed by atoms with Crippen LogP contribution in [0.2, 0.25) is 0 Å². The van der Waals surface area contributed by atoms with Crippen LogP contribution in [0.25, 0.3) is 0 Å². The number of ether oxygens (including phenoxy) is 1. The smallest absolute Gasteiger partial charge is 0.411 e. The van der Waals surface area contributed by atoms with E-state index in [1.807, 2.05) is 0 Å². The van der Waals surface area contributed by atoms with Gasteiger partial charge in [-0.1, -0.05) is 6.07 Å². The van der Waals surface area contributed by atoms with E-state index in [9.17, 15) is 18.3 Å². The van der Waals surface area contributed by atoms with Crippen LogP contribution in [0.5, 0.6) is 0 Å². The number of sulfonamides is 1. The van der Waals surface area contributed by atoms with E-state index in [-0.39, 0.29) is 11.4 Å². The Bertz CT molecular complexity index is 978. The molecule has 0 aliphatic heterocycles. The number of hydrogen-bond acceptors (Lipinski definition) is 7. The molecule has 0 saturated heterocycles. The Morgan fingerprint density at radius 2 is 2.00 bits per heavy atom. The lowest BCUT2D eigenvalue weighted by atomic mass is 9.95. The number of carbonyl (C=O) groups is 1. The summed E-state index contributed by atoms with van der Waals surface area (Å²) in [6.07, 6.45) is 2.13. The third-order valence-corrected chi connectivity index (χ3v) is 6.48. The van der Waals surface area contributed by atoms with Gasteiger partial charge in [-0.05, 0) is 41.8 Å². The van der Waals surface area contributed by atoms with Crippen molar-refractivity contribution in [1.82, 2.24) is 4.72 Å². The molecule has 3 rings (SSSR count). The van der Waals surface area contributed by atoms with Crippen LogP contribution in [0, 0.1) is 0 Å². The number of nitrogens with one attached hydrogen (secondary N) is 2. The van der Waals surface area contributed by atoms with Gasteiger partial charge in [0.25, 0.3) is 0 Å². The van der Waals surface area contributed by atoms with E-state index in [0.717, 1.165) is 0 Å². The summed E-state index contributed by atoms with van der Waals surface area (Å²) in [5, 5.41) is 15.4. The first-order valence-electron chi connectivity index (χ1n) is 8.09. The van der Waals surface area contributed by atoms with Crippen molar-refractivity contribution in [3.05, 3.63) is 70.8 Å². The number of hydrogen-bond donors (Lipinski definition) is 3. The summed E-state index contributed by atoms with van der Waals surface area (Å²) >= 11 is 1.31. The standard InChI is InChI=1S/C18H18N2O6S2/c1-25-17(21)20-14-4-6-15(7-5-14)28(23,24)19-12-18(22,13-8-9-26-11-13)16-3-2-10-27-16/h2-11,19,22H,12H2,1H3,(H,20,21)/t18-/m0/s1. The maximum atomic E-state index is 12.7. The zero-order valence-electron chi connectivity index (χ0n) is 14.8. The summed E-state index contributed by atoms with van der Waals surface area (Å²) in [5.74, 6) is 0. The molecule has 0 radical (unpaired) electrons. The Morgan fingerprint density at radius 1 is 1.25 bits per heavy atom. The molecule has 8 nitrogen and oxygen atoms in total. The molecule has 0 fully saturated rings. The van der Waals surface area contributed by atoms with Crippen molar-refractivity contribution in [3.63, 3.8) is 0 Å². The van der Waals surface area contributed by atoms with Crippen LogP contribution in [0.3, 0.4) is 0 Å². The van der Waals surface area contributed by atoms with Crippen molar-refractivity contribution >= 4 is 33.1 Å². The van der Waals surface area contributed by atoms with Crippen LogP contribution >= 0.6 is 11.3 Å². The molecule has 2 heterocycles. The Hall–Kier alpha value is -2.66. The Balaban J connectivity index is 1.79. The van der Waals surface area contributed by atoms with Gasteiger partial charge >= 0.3 is 6.09 Å². The molecule has 0 aliphatic rings. The summed E-state index contributed by atoms with van der Waals surface area (Å²) in [4.78, 5) is 11.8. The summed E-state index contributed by atoms with van der Waals surface area (Å²) < 4.78 is 37.3. The molecule has 0 saturated carbocycles. The highest BCUT2D eigenvalue weighted by molar-refractivity contribution is 7.89. The molecule has 0 spiro atoms. The number of benzene rings is 1. The lowest BCUT2D eigenvalue weighted by molar-refractivity contribution is 0.0892. The minimum absolute atomic E-state index is 0.0105. The van der Waals surface area contributed by atoms with Gasteiger partial charge in [-0.2, -0.15) is 0 Å². The predicted octanol–water partition coefficient (Wildman–Crippen LogP) is 2.73. The minimum Gasteiger partial charge on any atom is -0.472 e. The molecule has 2 aromatic heterocycles. The fourth-order valence-corrected chi connectivity index (χ4v) is 4.42. The Labute approximate surface area is 165 Å². The summed E-state index contributed by atoms with van der Waals surface area (Å²) in [6.45, 7) is -0.280. The molecule has 10 heteroatoms. The van der Waals surface area contributed by atoms with E-state index in [1.54, 1.807) is 23.6 Å². The Kier molecular flexibility index (Phi) is 5.84. The van der Waals surface area contributed by atoms with Crippen molar-refractivity contribution in [2.45, 2.75) is 10.5 Å². The maximum absolute atomic E-state index is 12.7. The second kappa shape index (κ2) is 8.15. The number of aliphatic hydroxyl groups is 1. The maximum Gasteiger partial charge on any atom is 0.411 e. The molecule has 1 atom stereocenters. The van der Waals surface area contributed by atoms with Gasteiger partial charge in [-0.15, -0.1) is 11.3 Å². The number of rotatable bonds is 7. The van der Waals surface area contributed by atoms with Crippen molar-refractivity contribution in [1.29, 1.82) is 0 Å². The van der Waals surface area contributed by atoms with Crippen LogP contribution in [-0.4, -0.2) is 33.3 Å². The molecule has 3 aromatic rings. The highest BCUT2D eigenvalue weighted by atomic mass is 32.2. The first kappa shape index (κ1) is 20.1. The second-order valence-corrected chi connectivity index (χ2v) is 8.53. The molecule has 148 valence electrons. The number of furan rings is 1. The molecule has 0 aliphatic carbocycles. The number of amides is 1. The quantitative estimate of drug-likeness (QED) is 0.539. The number of thiophene rings is 1. The van der Waals surface area contributed by atoms with Gasteiger partial charge in [-0.25, -0.2) is 17.9 Å². The normalized spacial score (nSPS) is 13.6. The molecular formula is C18H18N2O6S2. The van der Waals surface area contributed by atoms with E-state index >= 15 is 0 Å². The van der Waals surface area contributed by atoms with Gasteiger partial charge in [0.05, 0.1) is 24.5 Å². The van der Waals surface area contributed by atoms with Crippen molar-refractivity contribution in [2.75, 3.05) is 19.0 Å². The van der Waals surface area contributed by atoms with Gasteiger partial charge in [0.15, 0.2) is 0 Å². The number of anilines is 1. The van der Waals surface area contributed by atoms with Gasteiger partial charge in [0.2, 0.25) is 10.0 Å². The molecule has 0 bridgehead atoms. The first-order chi connectivity index (χ1) is 13.3. The Morgan fingerprint density at radius 3 is 2.57 bits per heavy atom. The third-order valence-electron chi connectivity index (χ3n) is 4.04. The number of methoxy groups -OCH3 is 1. The molecule has 1 aromatic carbocycles. The van der Waals surface area contributed by atoms with E-state index < -0.39 is 21.7 Å². The minimum atomic E-state index is -3.91. The van der Waals surface area contributed by atoms with E-state index in [0.29, 0.717) is 16.1 Å². The molecule has 28 heavy (non-hydrogen) atoms. The fourth-order valence-electron chi connectivity index (χ4n) is 2.51. The summed E-state index contributed by atoms with van der Waals surface area (Å²) in [7, 11) is -2.68. The van der Waals surface area contributed by atoms with Crippen LogP contribution in [0.1, 0.15) is 10.4 Å². The fraction of sp³-hybridized carbons (Fsp3) is 0.167. The van der Waals surface area contributed by atoms with Crippen LogP contribution in [-0.2, 0) is 20.4 Å². The highest BCUT2D eigenvalue weighted by Gasteiger charge is 2.35. The monoisotopic (exact) mass is 422 g/mol. The van der Waals surface area contributed by atoms with Crippen LogP contribution in [0.15, 0.2) is 69.7 Å².